The molecule has 0 saturated carbocycles. The lowest BCUT2D eigenvalue weighted by atomic mass is 10.1. The van der Waals surface area contributed by atoms with E-state index in [9.17, 15) is 14.0 Å². The van der Waals surface area contributed by atoms with Crippen LogP contribution < -0.4 is 5.32 Å². The van der Waals surface area contributed by atoms with Crippen molar-refractivity contribution >= 4 is 11.9 Å². The predicted molar refractivity (Wildman–Crippen MR) is 95.7 cm³/mol. The Morgan fingerprint density at radius 2 is 1.92 bits per heavy atom. The zero-order chi connectivity index (χ0) is 18.9. The van der Waals surface area contributed by atoms with Gasteiger partial charge in [0.25, 0.3) is 5.91 Å². The number of rotatable bonds is 9. The third-order valence-electron chi connectivity index (χ3n) is 4.09. The number of amides is 1. The van der Waals surface area contributed by atoms with Gasteiger partial charge in [0.1, 0.15) is 5.82 Å². The number of nitrogens with zero attached hydrogens (tertiary/aromatic N) is 2. The number of esters is 1. The van der Waals surface area contributed by atoms with Gasteiger partial charge in [0, 0.05) is 13.0 Å². The van der Waals surface area contributed by atoms with Gasteiger partial charge in [-0.1, -0.05) is 13.3 Å². The molecule has 1 heterocycles. The van der Waals surface area contributed by atoms with E-state index in [1.165, 1.54) is 25.4 Å². The van der Waals surface area contributed by atoms with Gasteiger partial charge >= 0.3 is 5.97 Å². The SMILES string of the molecule is CCc1c(C(=O)NCCCCCC(=O)OC)cnn1-c1ccc(F)cc1. The first-order valence-corrected chi connectivity index (χ1v) is 8.74. The average Bonchev–Trinajstić information content (AvgIpc) is 3.08. The second kappa shape index (κ2) is 9.70. The molecule has 0 bridgehead atoms. The molecule has 0 unspecified atom stereocenters. The zero-order valence-corrected chi connectivity index (χ0v) is 15.1. The van der Waals surface area contributed by atoms with E-state index in [0.717, 1.165) is 25.0 Å². The quantitative estimate of drug-likeness (QED) is 0.550. The number of carbonyl (C=O) groups is 2. The van der Waals surface area contributed by atoms with Crippen LogP contribution in [0.3, 0.4) is 0 Å². The Labute approximate surface area is 152 Å². The molecule has 1 aromatic heterocycles. The van der Waals surface area contributed by atoms with Crippen LogP contribution in [0, 0.1) is 5.82 Å². The lowest BCUT2D eigenvalue weighted by Gasteiger charge is -2.08. The van der Waals surface area contributed by atoms with E-state index < -0.39 is 0 Å². The molecule has 1 amide bonds. The second-order valence-corrected chi connectivity index (χ2v) is 5.89. The molecule has 0 saturated heterocycles. The molecule has 6 nitrogen and oxygen atoms in total. The van der Waals surface area contributed by atoms with E-state index in [2.05, 4.69) is 15.2 Å². The number of nitrogens with one attached hydrogen (secondary N) is 1. The van der Waals surface area contributed by atoms with Gasteiger partial charge in [-0.25, -0.2) is 9.07 Å². The third-order valence-corrected chi connectivity index (χ3v) is 4.09. The minimum absolute atomic E-state index is 0.178. The summed E-state index contributed by atoms with van der Waals surface area (Å²) in [6, 6.07) is 5.99. The maximum Gasteiger partial charge on any atom is 0.305 e. The highest BCUT2D eigenvalue weighted by atomic mass is 19.1. The largest absolute Gasteiger partial charge is 0.469 e. The van der Waals surface area contributed by atoms with Gasteiger partial charge in [-0.15, -0.1) is 0 Å². The van der Waals surface area contributed by atoms with Crippen molar-refractivity contribution in [3.8, 4) is 5.69 Å². The van der Waals surface area contributed by atoms with Gasteiger partial charge in [0.15, 0.2) is 0 Å². The summed E-state index contributed by atoms with van der Waals surface area (Å²) < 4.78 is 19.3. The zero-order valence-electron chi connectivity index (χ0n) is 15.1. The molecule has 0 atom stereocenters. The Hall–Kier alpha value is -2.70. The number of unbranched alkanes of at least 4 members (excludes halogenated alkanes) is 2. The molecule has 140 valence electrons. The van der Waals surface area contributed by atoms with E-state index >= 15 is 0 Å². The molecule has 1 aromatic carbocycles. The molecule has 0 fully saturated rings. The summed E-state index contributed by atoms with van der Waals surface area (Å²) in [5, 5.41) is 7.16. The van der Waals surface area contributed by atoms with E-state index in [1.807, 2.05) is 6.92 Å². The Bertz CT molecular complexity index is 741. The molecule has 0 aliphatic carbocycles. The van der Waals surface area contributed by atoms with Crippen LogP contribution in [-0.2, 0) is 16.0 Å². The van der Waals surface area contributed by atoms with Crippen LogP contribution in [0.15, 0.2) is 30.5 Å². The third kappa shape index (κ3) is 5.15. The lowest BCUT2D eigenvalue weighted by molar-refractivity contribution is -0.140. The van der Waals surface area contributed by atoms with Crippen LogP contribution in [0.5, 0.6) is 0 Å². The van der Waals surface area contributed by atoms with Crippen LogP contribution in [0.25, 0.3) is 5.69 Å². The summed E-state index contributed by atoms with van der Waals surface area (Å²) in [6.45, 7) is 2.48. The molecule has 0 aliphatic heterocycles. The topological polar surface area (TPSA) is 73.2 Å². The highest BCUT2D eigenvalue weighted by molar-refractivity contribution is 5.95. The van der Waals surface area contributed by atoms with Crippen LogP contribution in [0.2, 0.25) is 0 Å². The molecular weight excluding hydrogens is 337 g/mol. The second-order valence-electron chi connectivity index (χ2n) is 5.89. The van der Waals surface area contributed by atoms with Gasteiger partial charge in [-0.3, -0.25) is 9.59 Å². The van der Waals surface area contributed by atoms with Crippen LogP contribution in [-0.4, -0.2) is 35.3 Å². The average molecular weight is 361 g/mol. The normalized spacial score (nSPS) is 10.6. The Morgan fingerprint density at radius 1 is 1.19 bits per heavy atom. The van der Waals surface area contributed by atoms with Crippen molar-refractivity contribution in [2.45, 2.75) is 39.0 Å². The summed E-state index contributed by atoms with van der Waals surface area (Å²) in [6.07, 6.45) is 4.93. The number of benzene rings is 1. The minimum Gasteiger partial charge on any atom is -0.469 e. The van der Waals surface area contributed by atoms with Crippen molar-refractivity contribution in [1.29, 1.82) is 0 Å². The van der Waals surface area contributed by atoms with E-state index in [4.69, 9.17) is 0 Å². The van der Waals surface area contributed by atoms with Crippen LogP contribution >= 0.6 is 0 Å². The van der Waals surface area contributed by atoms with Gasteiger partial charge in [-0.05, 0) is 43.5 Å². The Morgan fingerprint density at radius 3 is 2.58 bits per heavy atom. The van der Waals surface area contributed by atoms with Crippen molar-refractivity contribution in [3.63, 3.8) is 0 Å². The van der Waals surface area contributed by atoms with Gasteiger partial charge < -0.3 is 10.1 Å². The molecule has 0 radical (unpaired) electrons. The van der Waals surface area contributed by atoms with Crippen molar-refractivity contribution in [2.75, 3.05) is 13.7 Å². The van der Waals surface area contributed by atoms with Gasteiger partial charge in [-0.2, -0.15) is 5.10 Å². The minimum atomic E-state index is -0.316. The summed E-state index contributed by atoms with van der Waals surface area (Å²) >= 11 is 0. The van der Waals surface area contributed by atoms with Crippen LogP contribution in [0.4, 0.5) is 4.39 Å². The van der Waals surface area contributed by atoms with E-state index in [0.29, 0.717) is 30.6 Å². The first-order valence-electron chi connectivity index (χ1n) is 8.74. The molecule has 1 N–H and O–H groups in total. The smallest absolute Gasteiger partial charge is 0.305 e. The molecule has 2 rings (SSSR count). The summed E-state index contributed by atoms with van der Waals surface area (Å²) in [5.41, 5.74) is 2.01. The van der Waals surface area contributed by atoms with Crippen molar-refractivity contribution in [1.82, 2.24) is 15.1 Å². The van der Waals surface area contributed by atoms with Gasteiger partial charge in [0.05, 0.1) is 30.3 Å². The van der Waals surface area contributed by atoms with Gasteiger partial charge in [0.2, 0.25) is 0 Å². The highest BCUT2D eigenvalue weighted by Gasteiger charge is 2.16. The number of halogens is 1. The number of hydrogen-bond acceptors (Lipinski definition) is 4. The molecule has 0 spiro atoms. The monoisotopic (exact) mass is 361 g/mol. The fraction of sp³-hybridized carbons (Fsp3) is 0.421. The molecule has 0 aliphatic rings. The first-order chi connectivity index (χ1) is 12.6. The van der Waals surface area contributed by atoms with Crippen LogP contribution in [0.1, 0.15) is 48.7 Å². The lowest BCUT2D eigenvalue weighted by Crippen LogP contribution is -2.25. The molecule has 7 heteroatoms. The summed E-state index contributed by atoms with van der Waals surface area (Å²) in [5.74, 6) is -0.706. The van der Waals surface area contributed by atoms with Crippen molar-refractivity contribution in [3.05, 3.63) is 47.5 Å². The van der Waals surface area contributed by atoms with E-state index in [1.54, 1.807) is 16.8 Å². The standard InChI is InChI=1S/C19H24FN3O3/c1-3-17-16(13-22-23(17)15-10-8-14(20)9-11-15)19(25)21-12-6-4-5-7-18(24)26-2/h8-11,13H,3-7,12H2,1-2H3,(H,21,25). The Kier molecular flexibility index (Phi) is 7.32. The fourth-order valence-electron chi connectivity index (χ4n) is 2.68. The molecule has 2 aromatic rings. The predicted octanol–water partition coefficient (Wildman–Crippen LogP) is 3.04. The van der Waals surface area contributed by atoms with Crippen molar-refractivity contribution in [2.24, 2.45) is 0 Å². The number of hydrogen-bond donors (Lipinski definition) is 1. The summed E-state index contributed by atoms with van der Waals surface area (Å²) in [7, 11) is 1.37. The number of methoxy groups -OCH3 is 1. The maximum atomic E-state index is 13.1. The first kappa shape index (κ1) is 19.6. The molecular formula is C19H24FN3O3. The fourth-order valence-corrected chi connectivity index (χ4v) is 2.68. The Balaban J connectivity index is 1.91. The summed E-state index contributed by atoms with van der Waals surface area (Å²) in [4.78, 5) is 23.4. The number of carbonyl (C=O) groups excluding carboxylic acids is 2. The number of ether oxygens (including phenoxy) is 1. The highest BCUT2D eigenvalue weighted by Crippen LogP contribution is 2.16. The van der Waals surface area contributed by atoms with E-state index in [-0.39, 0.29) is 17.7 Å². The molecule has 26 heavy (non-hydrogen) atoms. The maximum absolute atomic E-state index is 13.1. The van der Waals surface area contributed by atoms with Crippen molar-refractivity contribution < 1.29 is 18.7 Å². The number of aromatic nitrogens is 2.